The number of carbonyl (C=O) groups excluding carboxylic acids is 1. The second-order valence-corrected chi connectivity index (χ2v) is 5.54. The first-order chi connectivity index (χ1) is 10.2. The van der Waals surface area contributed by atoms with E-state index in [-0.39, 0.29) is 0 Å². The number of amides is 1. The van der Waals surface area contributed by atoms with Crippen LogP contribution in [0, 0.1) is 0 Å². The lowest BCUT2D eigenvalue weighted by molar-refractivity contribution is 0.100. The van der Waals surface area contributed by atoms with Gasteiger partial charge in [-0.3, -0.25) is 9.78 Å². The fraction of sp³-hybridized carbons (Fsp3) is 0.0588. The average Bonchev–Trinajstić information content (AvgIpc) is 2.53. The molecule has 0 saturated heterocycles. The van der Waals surface area contributed by atoms with Crippen molar-refractivity contribution in [3.8, 4) is 11.1 Å². The minimum Gasteiger partial charge on any atom is -0.366 e. The Hall–Kier alpha value is -2.33. The minimum atomic E-state index is -0.411. The van der Waals surface area contributed by atoms with Crippen LogP contribution >= 0.6 is 11.8 Å². The summed E-state index contributed by atoms with van der Waals surface area (Å²) in [6.45, 7) is 0. The molecule has 4 heteroatoms. The Balaban J connectivity index is 2.20. The summed E-state index contributed by atoms with van der Waals surface area (Å²) in [5.41, 5.74) is 8.94. The van der Waals surface area contributed by atoms with E-state index >= 15 is 0 Å². The number of hydrogen-bond acceptors (Lipinski definition) is 3. The van der Waals surface area contributed by atoms with Crippen LogP contribution < -0.4 is 5.73 Å². The molecule has 104 valence electrons. The van der Waals surface area contributed by atoms with Crippen molar-refractivity contribution in [1.82, 2.24) is 4.98 Å². The summed E-state index contributed by atoms with van der Waals surface area (Å²) in [6.07, 6.45) is 3.80. The molecule has 0 atom stereocenters. The van der Waals surface area contributed by atoms with Crippen LogP contribution in [0.3, 0.4) is 0 Å². The van der Waals surface area contributed by atoms with Gasteiger partial charge in [0.15, 0.2) is 0 Å². The fourth-order valence-electron chi connectivity index (χ4n) is 2.33. The van der Waals surface area contributed by atoms with Crippen molar-refractivity contribution in [1.29, 1.82) is 0 Å². The number of aromatic nitrogens is 1. The Kier molecular flexibility index (Phi) is 3.62. The van der Waals surface area contributed by atoms with E-state index in [1.807, 2.05) is 42.7 Å². The van der Waals surface area contributed by atoms with Gasteiger partial charge in [0.1, 0.15) is 0 Å². The van der Waals surface area contributed by atoms with Crippen molar-refractivity contribution in [2.45, 2.75) is 4.90 Å². The van der Waals surface area contributed by atoms with Gasteiger partial charge in [0.05, 0.1) is 5.52 Å². The molecule has 0 spiro atoms. The van der Waals surface area contributed by atoms with Crippen LogP contribution in [0.4, 0.5) is 0 Å². The van der Waals surface area contributed by atoms with Gasteiger partial charge in [-0.25, -0.2) is 0 Å². The Morgan fingerprint density at radius 2 is 2.00 bits per heavy atom. The van der Waals surface area contributed by atoms with Crippen LogP contribution in [-0.2, 0) is 0 Å². The number of thioether (sulfide) groups is 1. The molecule has 0 saturated carbocycles. The van der Waals surface area contributed by atoms with Crippen LogP contribution in [0.2, 0.25) is 0 Å². The zero-order chi connectivity index (χ0) is 14.8. The van der Waals surface area contributed by atoms with Crippen molar-refractivity contribution in [2.24, 2.45) is 5.73 Å². The molecule has 21 heavy (non-hydrogen) atoms. The molecule has 0 unspecified atom stereocenters. The first kappa shape index (κ1) is 13.6. The first-order valence-electron chi connectivity index (χ1n) is 6.52. The van der Waals surface area contributed by atoms with E-state index in [0.717, 1.165) is 26.9 Å². The largest absolute Gasteiger partial charge is 0.366 e. The van der Waals surface area contributed by atoms with Crippen LogP contribution in [0.25, 0.3) is 22.0 Å². The monoisotopic (exact) mass is 294 g/mol. The summed E-state index contributed by atoms with van der Waals surface area (Å²) in [5, 5.41) is 1.08. The summed E-state index contributed by atoms with van der Waals surface area (Å²) in [5.74, 6) is -0.411. The maximum Gasteiger partial charge on any atom is 0.248 e. The Morgan fingerprint density at radius 1 is 1.14 bits per heavy atom. The molecule has 2 aromatic carbocycles. The van der Waals surface area contributed by atoms with Gasteiger partial charge in [-0.1, -0.05) is 12.1 Å². The molecule has 0 fully saturated rings. The lowest BCUT2D eigenvalue weighted by Gasteiger charge is -2.10. The Labute approximate surface area is 127 Å². The summed E-state index contributed by atoms with van der Waals surface area (Å²) >= 11 is 1.65. The fourth-order valence-corrected chi connectivity index (χ4v) is 2.93. The van der Waals surface area contributed by atoms with E-state index < -0.39 is 5.91 Å². The molecule has 1 amide bonds. The number of carbonyl (C=O) groups is 1. The SMILES string of the molecule is CSc1ccc(C(N)=O)cc1-c1ccc2ncccc2c1. The van der Waals surface area contributed by atoms with Crippen LogP contribution in [0.15, 0.2) is 59.6 Å². The second-order valence-electron chi connectivity index (χ2n) is 4.69. The number of benzene rings is 2. The van der Waals surface area contributed by atoms with E-state index in [2.05, 4.69) is 11.1 Å². The molecule has 3 rings (SSSR count). The minimum absolute atomic E-state index is 0.411. The van der Waals surface area contributed by atoms with Gasteiger partial charge in [0.25, 0.3) is 0 Å². The van der Waals surface area contributed by atoms with Crippen molar-refractivity contribution < 1.29 is 4.79 Å². The maximum absolute atomic E-state index is 11.4. The maximum atomic E-state index is 11.4. The van der Waals surface area contributed by atoms with Gasteiger partial charge in [-0.15, -0.1) is 11.8 Å². The Bertz CT molecular complexity index is 830. The third-order valence-electron chi connectivity index (χ3n) is 3.40. The topological polar surface area (TPSA) is 56.0 Å². The third-order valence-corrected chi connectivity index (χ3v) is 4.19. The predicted octanol–water partition coefficient (Wildman–Crippen LogP) is 3.72. The number of nitrogens with two attached hydrogens (primary N) is 1. The molecule has 1 heterocycles. The standard InChI is InChI=1S/C17H14N2OS/c1-21-16-7-5-13(17(18)20)10-14(16)11-4-6-15-12(9-11)3-2-8-19-15/h2-10H,1H3,(H2,18,20). The molecule has 0 aliphatic rings. The molecule has 2 N–H and O–H groups in total. The van der Waals surface area contributed by atoms with Crippen molar-refractivity contribution in [2.75, 3.05) is 6.26 Å². The molecular formula is C17H14N2OS. The number of hydrogen-bond donors (Lipinski definition) is 1. The number of pyridine rings is 1. The molecule has 0 aliphatic heterocycles. The van der Waals surface area contributed by atoms with Crippen LogP contribution in [-0.4, -0.2) is 17.1 Å². The normalized spacial score (nSPS) is 10.7. The quantitative estimate of drug-likeness (QED) is 0.749. The van der Waals surface area contributed by atoms with Gasteiger partial charge in [-0.2, -0.15) is 0 Å². The molecule has 0 aliphatic carbocycles. The Morgan fingerprint density at radius 3 is 2.76 bits per heavy atom. The average molecular weight is 294 g/mol. The summed E-state index contributed by atoms with van der Waals surface area (Å²) in [7, 11) is 0. The van der Waals surface area contributed by atoms with Gasteiger partial charge in [0.2, 0.25) is 5.91 Å². The van der Waals surface area contributed by atoms with E-state index in [1.54, 1.807) is 24.0 Å². The van der Waals surface area contributed by atoms with Crippen molar-refractivity contribution in [3.63, 3.8) is 0 Å². The number of nitrogens with zero attached hydrogens (tertiary/aromatic N) is 1. The van der Waals surface area contributed by atoms with Crippen LogP contribution in [0.5, 0.6) is 0 Å². The van der Waals surface area contributed by atoms with E-state index in [9.17, 15) is 4.79 Å². The zero-order valence-electron chi connectivity index (χ0n) is 11.5. The summed E-state index contributed by atoms with van der Waals surface area (Å²) in [4.78, 5) is 16.8. The highest BCUT2D eigenvalue weighted by molar-refractivity contribution is 7.98. The molecule has 0 bridgehead atoms. The zero-order valence-corrected chi connectivity index (χ0v) is 12.4. The highest BCUT2D eigenvalue weighted by Gasteiger charge is 2.09. The molecule has 1 aromatic heterocycles. The van der Waals surface area contributed by atoms with Gasteiger partial charge in [-0.05, 0) is 53.8 Å². The number of primary amides is 1. The predicted molar refractivity (Wildman–Crippen MR) is 87.5 cm³/mol. The third kappa shape index (κ3) is 2.62. The highest BCUT2D eigenvalue weighted by Crippen LogP contribution is 2.32. The molecule has 0 radical (unpaired) electrons. The molecule has 3 nitrogen and oxygen atoms in total. The lowest BCUT2D eigenvalue weighted by atomic mass is 10.0. The van der Waals surface area contributed by atoms with E-state index in [0.29, 0.717) is 5.56 Å². The van der Waals surface area contributed by atoms with Crippen LogP contribution in [0.1, 0.15) is 10.4 Å². The van der Waals surface area contributed by atoms with E-state index in [1.165, 1.54) is 0 Å². The summed E-state index contributed by atoms with van der Waals surface area (Å²) < 4.78 is 0. The van der Waals surface area contributed by atoms with Gasteiger partial charge < -0.3 is 5.73 Å². The lowest BCUT2D eigenvalue weighted by Crippen LogP contribution is -2.10. The second kappa shape index (κ2) is 5.58. The number of rotatable bonds is 3. The molecular weight excluding hydrogens is 280 g/mol. The van der Waals surface area contributed by atoms with Crippen molar-refractivity contribution in [3.05, 3.63) is 60.3 Å². The highest BCUT2D eigenvalue weighted by atomic mass is 32.2. The smallest absolute Gasteiger partial charge is 0.248 e. The van der Waals surface area contributed by atoms with E-state index in [4.69, 9.17) is 5.73 Å². The molecule has 3 aromatic rings. The van der Waals surface area contributed by atoms with Gasteiger partial charge in [0, 0.05) is 22.0 Å². The van der Waals surface area contributed by atoms with Gasteiger partial charge >= 0.3 is 0 Å². The van der Waals surface area contributed by atoms with Crippen molar-refractivity contribution >= 4 is 28.6 Å². The number of fused-ring (bicyclic) bond motifs is 1. The first-order valence-corrected chi connectivity index (χ1v) is 7.74. The summed E-state index contributed by atoms with van der Waals surface area (Å²) in [6, 6.07) is 15.6.